The molecule has 0 spiro atoms. The molecule has 1 aromatic carbocycles. The van der Waals surface area contributed by atoms with Gasteiger partial charge in [-0.05, 0) is 31.5 Å². The molecule has 142 valence electrons. The number of carbonyl (C=O) groups is 1. The fourth-order valence-electron chi connectivity index (χ4n) is 2.98. The lowest BCUT2D eigenvalue weighted by Crippen LogP contribution is -2.36. The van der Waals surface area contributed by atoms with Crippen LogP contribution in [0.5, 0.6) is 0 Å². The van der Waals surface area contributed by atoms with Gasteiger partial charge in [0.2, 0.25) is 0 Å². The van der Waals surface area contributed by atoms with Crippen molar-refractivity contribution >= 4 is 44.4 Å². The van der Waals surface area contributed by atoms with Gasteiger partial charge in [0.1, 0.15) is 0 Å². The highest BCUT2D eigenvalue weighted by Gasteiger charge is 2.21. The van der Waals surface area contributed by atoms with Crippen LogP contribution in [-0.4, -0.2) is 54.7 Å². The average molecular weight is 397 g/mol. The van der Waals surface area contributed by atoms with Crippen molar-refractivity contribution in [2.75, 3.05) is 44.3 Å². The Labute approximate surface area is 163 Å². The van der Waals surface area contributed by atoms with Crippen molar-refractivity contribution in [2.24, 2.45) is 5.73 Å². The van der Waals surface area contributed by atoms with Gasteiger partial charge in [0.05, 0.1) is 29.0 Å². The first kappa shape index (κ1) is 19.4. The summed E-state index contributed by atoms with van der Waals surface area (Å²) >= 11 is 7.85. The van der Waals surface area contributed by atoms with E-state index in [1.165, 1.54) is 4.42 Å². The quantitative estimate of drug-likeness (QED) is 0.547. The van der Waals surface area contributed by atoms with Gasteiger partial charge in [-0.1, -0.05) is 30.2 Å². The van der Waals surface area contributed by atoms with E-state index in [1.807, 2.05) is 12.1 Å². The van der Waals surface area contributed by atoms with Gasteiger partial charge in [-0.15, -0.1) is 0 Å². The van der Waals surface area contributed by atoms with Crippen molar-refractivity contribution < 1.29 is 9.53 Å². The molecule has 26 heavy (non-hydrogen) atoms. The SMILES string of the molecule is NCCCCCCN(Cl)C(=O)c1cccc2sc(N3CCOCC3)nc12. The van der Waals surface area contributed by atoms with E-state index in [2.05, 4.69) is 4.90 Å². The molecular weight excluding hydrogens is 372 g/mol. The molecule has 2 heterocycles. The van der Waals surface area contributed by atoms with Crippen LogP contribution in [0, 0.1) is 0 Å². The Balaban J connectivity index is 1.70. The van der Waals surface area contributed by atoms with E-state index >= 15 is 0 Å². The molecule has 1 aromatic heterocycles. The zero-order valence-electron chi connectivity index (χ0n) is 14.8. The number of unbranched alkanes of at least 4 members (excludes halogenated alkanes) is 3. The minimum Gasteiger partial charge on any atom is -0.378 e. The Hall–Kier alpha value is -1.41. The van der Waals surface area contributed by atoms with Crippen molar-refractivity contribution in [3.05, 3.63) is 23.8 Å². The number of fused-ring (bicyclic) bond motifs is 1. The molecule has 0 saturated carbocycles. The summed E-state index contributed by atoms with van der Waals surface area (Å²) in [5.74, 6) is -0.185. The second kappa shape index (κ2) is 9.50. The van der Waals surface area contributed by atoms with Gasteiger partial charge in [-0.25, -0.2) is 4.98 Å². The number of rotatable bonds is 8. The summed E-state index contributed by atoms with van der Waals surface area (Å²) in [6, 6.07) is 5.69. The molecule has 1 aliphatic heterocycles. The summed E-state index contributed by atoms with van der Waals surface area (Å²) in [4.78, 5) is 19.7. The van der Waals surface area contributed by atoms with Crippen molar-refractivity contribution in [1.82, 2.24) is 9.40 Å². The molecule has 0 radical (unpaired) electrons. The molecule has 0 aliphatic carbocycles. The number of thiazole rings is 1. The minimum absolute atomic E-state index is 0.185. The van der Waals surface area contributed by atoms with Crippen LogP contribution in [0.1, 0.15) is 36.0 Å². The molecule has 0 unspecified atom stereocenters. The van der Waals surface area contributed by atoms with Gasteiger partial charge >= 0.3 is 0 Å². The first-order chi connectivity index (χ1) is 12.7. The number of para-hydroxylation sites is 1. The molecule has 8 heteroatoms. The standard InChI is InChI=1S/C18H25ClN4O2S/c19-23(9-4-2-1-3-8-20)17(24)14-6-5-7-15-16(14)21-18(26-15)22-10-12-25-13-11-22/h5-7H,1-4,8-13,20H2. The highest BCUT2D eigenvalue weighted by molar-refractivity contribution is 7.22. The summed E-state index contributed by atoms with van der Waals surface area (Å²) in [5, 5.41) is 0.937. The molecular formula is C18H25ClN4O2S. The van der Waals surface area contributed by atoms with E-state index < -0.39 is 0 Å². The number of nitrogens with two attached hydrogens (primary N) is 1. The fourth-order valence-corrected chi connectivity index (χ4v) is 4.23. The Morgan fingerprint density at radius 1 is 1.27 bits per heavy atom. The lowest BCUT2D eigenvalue weighted by atomic mass is 10.1. The molecule has 6 nitrogen and oxygen atoms in total. The van der Waals surface area contributed by atoms with Gasteiger partial charge in [0.15, 0.2) is 5.13 Å². The third kappa shape index (κ3) is 4.65. The molecule has 1 saturated heterocycles. The molecule has 0 bridgehead atoms. The van der Waals surface area contributed by atoms with Crippen molar-refractivity contribution in [2.45, 2.75) is 25.7 Å². The molecule has 1 aliphatic rings. The fraction of sp³-hybridized carbons (Fsp3) is 0.556. The summed E-state index contributed by atoms with van der Waals surface area (Å²) in [7, 11) is 0. The number of benzene rings is 1. The smallest absolute Gasteiger partial charge is 0.270 e. The molecule has 2 N–H and O–H groups in total. The normalized spacial score (nSPS) is 14.8. The number of ether oxygens (including phenoxy) is 1. The largest absolute Gasteiger partial charge is 0.378 e. The van der Waals surface area contributed by atoms with Crippen LogP contribution in [0.15, 0.2) is 18.2 Å². The minimum atomic E-state index is -0.185. The number of carbonyl (C=O) groups excluding carboxylic acids is 1. The molecule has 1 amide bonds. The predicted molar refractivity (Wildman–Crippen MR) is 107 cm³/mol. The van der Waals surface area contributed by atoms with E-state index in [1.54, 1.807) is 17.4 Å². The number of anilines is 1. The van der Waals surface area contributed by atoms with Crippen LogP contribution in [0.25, 0.3) is 10.2 Å². The van der Waals surface area contributed by atoms with Gasteiger partial charge in [-0.3, -0.25) is 9.21 Å². The summed E-state index contributed by atoms with van der Waals surface area (Å²) in [6.45, 7) is 4.31. The first-order valence-electron chi connectivity index (χ1n) is 9.10. The molecule has 1 fully saturated rings. The van der Waals surface area contributed by atoms with Crippen LogP contribution in [0.3, 0.4) is 0 Å². The zero-order valence-corrected chi connectivity index (χ0v) is 16.4. The summed E-state index contributed by atoms with van der Waals surface area (Å²) in [5.41, 5.74) is 6.80. The van der Waals surface area contributed by atoms with E-state index in [4.69, 9.17) is 27.2 Å². The maximum atomic E-state index is 12.8. The van der Waals surface area contributed by atoms with E-state index in [0.717, 1.165) is 54.1 Å². The van der Waals surface area contributed by atoms with Crippen molar-refractivity contribution in [3.8, 4) is 0 Å². The van der Waals surface area contributed by atoms with Crippen LogP contribution in [0.4, 0.5) is 5.13 Å². The topological polar surface area (TPSA) is 71.7 Å². The zero-order chi connectivity index (χ0) is 18.4. The summed E-state index contributed by atoms with van der Waals surface area (Å²) < 4.78 is 7.69. The number of hydrogen-bond donors (Lipinski definition) is 1. The number of nitrogens with zero attached hydrogens (tertiary/aromatic N) is 3. The number of morpholine rings is 1. The summed E-state index contributed by atoms with van der Waals surface area (Å²) in [6.07, 6.45) is 3.98. The van der Waals surface area contributed by atoms with E-state index in [-0.39, 0.29) is 5.91 Å². The Morgan fingerprint density at radius 3 is 2.81 bits per heavy atom. The third-order valence-electron chi connectivity index (χ3n) is 4.45. The molecule has 2 aromatic rings. The molecule has 3 rings (SSSR count). The monoisotopic (exact) mass is 396 g/mol. The third-order valence-corrected chi connectivity index (χ3v) is 5.85. The number of aromatic nitrogens is 1. The predicted octanol–water partition coefficient (Wildman–Crippen LogP) is 3.25. The van der Waals surface area contributed by atoms with Crippen molar-refractivity contribution in [3.63, 3.8) is 0 Å². The lowest BCUT2D eigenvalue weighted by molar-refractivity contribution is 0.0863. The number of amides is 1. The van der Waals surface area contributed by atoms with Crippen molar-refractivity contribution in [1.29, 1.82) is 0 Å². The van der Waals surface area contributed by atoms with Crippen LogP contribution >= 0.6 is 23.1 Å². The first-order valence-corrected chi connectivity index (χ1v) is 10.3. The Bertz CT molecular complexity index is 733. The number of hydrogen-bond acceptors (Lipinski definition) is 6. The Morgan fingerprint density at radius 2 is 2.04 bits per heavy atom. The second-order valence-corrected chi connectivity index (χ2v) is 7.76. The van der Waals surface area contributed by atoms with Crippen LogP contribution in [-0.2, 0) is 4.74 Å². The van der Waals surface area contributed by atoms with E-state index in [0.29, 0.717) is 31.9 Å². The highest BCUT2D eigenvalue weighted by Crippen LogP contribution is 2.31. The molecule has 0 atom stereocenters. The van der Waals surface area contributed by atoms with Gasteiger partial charge in [-0.2, -0.15) is 0 Å². The highest BCUT2D eigenvalue weighted by atomic mass is 35.5. The lowest BCUT2D eigenvalue weighted by Gasteiger charge is -2.25. The number of halogens is 1. The maximum absolute atomic E-state index is 12.8. The maximum Gasteiger partial charge on any atom is 0.270 e. The average Bonchev–Trinajstić information content (AvgIpc) is 3.12. The van der Waals surface area contributed by atoms with Gasteiger partial charge in [0, 0.05) is 31.4 Å². The van der Waals surface area contributed by atoms with Gasteiger partial charge in [0.25, 0.3) is 5.91 Å². The van der Waals surface area contributed by atoms with Gasteiger partial charge < -0.3 is 15.4 Å². The Kier molecular flexibility index (Phi) is 7.07. The van der Waals surface area contributed by atoms with Crippen LogP contribution in [0.2, 0.25) is 0 Å². The van der Waals surface area contributed by atoms with E-state index in [9.17, 15) is 4.79 Å². The van der Waals surface area contributed by atoms with Crippen LogP contribution < -0.4 is 10.6 Å². The second-order valence-electron chi connectivity index (χ2n) is 6.34.